The molecule has 0 fully saturated rings. The van der Waals surface area contributed by atoms with Crippen molar-refractivity contribution in [3.8, 4) is 11.5 Å². The zero-order valence-corrected chi connectivity index (χ0v) is 14.4. The van der Waals surface area contributed by atoms with Gasteiger partial charge in [0.15, 0.2) is 0 Å². The minimum Gasteiger partial charge on any atom is -0.497 e. The SMILES string of the molecule is COc1ccc(Cn2ccc3cc(C)c(Cl)nc3c2=O)c(OC)c1. The Bertz CT molecular complexity index is 966. The third kappa shape index (κ3) is 2.95. The molecule has 1 aromatic carbocycles. The normalized spacial score (nSPS) is 10.8. The molecule has 3 rings (SSSR count). The summed E-state index contributed by atoms with van der Waals surface area (Å²) in [7, 11) is 3.19. The van der Waals surface area contributed by atoms with Crippen molar-refractivity contribution in [1.82, 2.24) is 9.55 Å². The molecule has 0 atom stereocenters. The largest absolute Gasteiger partial charge is 0.497 e. The molecular weight excluding hydrogens is 328 g/mol. The van der Waals surface area contributed by atoms with Crippen LogP contribution in [0.1, 0.15) is 11.1 Å². The number of hydrogen-bond acceptors (Lipinski definition) is 4. The number of pyridine rings is 2. The lowest BCUT2D eigenvalue weighted by Crippen LogP contribution is -2.21. The van der Waals surface area contributed by atoms with Crippen molar-refractivity contribution in [3.63, 3.8) is 0 Å². The summed E-state index contributed by atoms with van der Waals surface area (Å²) in [5.74, 6) is 1.36. The number of fused-ring (bicyclic) bond motifs is 1. The quantitative estimate of drug-likeness (QED) is 0.680. The van der Waals surface area contributed by atoms with Crippen LogP contribution < -0.4 is 15.0 Å². The van der Waals surface area contributed by atoms with Gasteiger partial charge >= 0.3 is 0 Å². The van der Waals surface area contributed by atoms with Crippen molar-refractivity contribution in [2.75, 3.05) is 14.2 Å². The maximum Gasteiger partial charge on any atom is 0.277 e. The average Bonchev–Trinajstić information content (AvgIpc) is 2.59. The van der Waals surface area contributed by atoms with E-state index in [2.05, 4.69) is 4.98 Å². The van der Waals surface area contributed by atoms with E-state index in [1.54, 1.807) is 31.0 Å². The Morgan fingerprint density at radius 3 is 2.67 bits per heavy atom. The second-order valence-electron chi connectivity index (χ2n) is 5.46. The zero-order valence-electron chi connectivity index (χ0n) is 13.7. The molecule has 5 nitrogen and oxygen atoms in total. The van der Waals surface area contributed by atoms with Gasteiger partial charge in [0, 0.05) is 23.2 Å². The predicted molar refractivity (Wildman–Crippen MR) is 94.4 cm³/mol. The highest BCUT2D eigenvalue weighted by molar-refractivity contribution is 6.30. The van der Waals surface area contributed by atoms with E-state index in [-0.39, 0.29) is 5.56 Å². The number of rotatable bonds is 4. The molecule has 124 valence electrons. The Morgan fingerprint density at radius 1 is 1.17 bits per heavy atom. The first kappa shape index (κ1) is 16.3. The Hall–Kier alpha value is -2.53. The van der Waals surface area contributed by atoms with Gasteiger partial charge in [0.2, 0.25) is 0 Å². The Morgan fingerprint density at radius 2 is 1.96 bits per heavy atom. The van der Waals surface area contributed by atoms with Gasteiger partial charge in [-0.2, -0.15) is 0 Å². The molecule has 2 heterocycles. The van der Waals surface area contributed by atoms with Crippen LogP contribution in [-0.4, -0.2) is 23.8 Å². The molecule has 0 radical (unpaired) electrons. The molecule has 0 aliphatic carbocycles. The van der Waals surface area contributed by atoms with E-state index in [0.717, 1.165) is 16.5 Å². The number of methoxy groups -OCH3 is 2. The lowest BCUT2D eigenvalue weighted by atomic mass is 10.1. The van der Waals surface area contributed by atoms with Crippen molar-refractivity contribution >= 4 is 22.5 Å². The fraction of sp³-hybridized carbons (Fsp3) is 0.222. The first-order chi connectivity index (χ1) is 11.5. The van der Waals surface area contributed by atoms with Crippen LogP contribution in [0.5, 0.6) is 11.5 Å². The van der Waals surface area contributed by atoms with E-state index < -0.39 is 0 Å². The molecular formula is C18H17ClN2O3. The third-order valence-electron chi connectivity index (χ3n) is 3.91. The molecule has 3 aromatic rings. The van der Waals surface area contributed by atoms with Crippen LogP contribution in [-0.2, 0) is 6.54 Å². The molecule has 24 heavy (non-hydrogen) atoms. The Balaban J connectivity index is 2.06. The highest BCUT2D eigenvalue weighted by Crippen LogP contribution is 2.25. The molecule has 0 N–H and O–H groups in total. The summed E-state index contributed by atoms with van der Waals surface area (Å²) in [6.07, 6.45) is 1.75. The Kier molecular flexibility index (Phi) is 4.44. The molecule has 0 saturated carbocycles. The van der Waals surface area contributed by atoms with E-state index in [4.69, 9.17) is 21.1 Å². The lowest BCUT2D eigenvalue weighted by molar-refractivity contribution is 0.390. The fourth-order valence-electron chi connectivity index (χ4n) is 2.57. The molecule has 0 saturated heterocycles. The van der Waals surface area contributed by atoms with Gasteiger partial charge in [0.25, 0.3) is 5.56 Å². The molecule has 0 spiro atoms. The van der Waals surface area contributed by atoms with Gasteiger partial charge in [-0.3, -0.25) is 4.79 Å². The number of hydrogen-bond donors (Lipinski definition) is 0. The van der Waals surface area contributed by atoms with Crippen LogP contribution in [0.15, 0.2) is 41.3 Å². The van der Waals surface area contributed by atoms with Gasteiger partial charge in [0.1, 0.15) is 22.2 Å². The van der Waals surface area contributed by atoms with Gasteiger partial charge in [-0.15, -0.1) is 0 Å². The first-order valence-corrected chi connectivity index (χ1v) is 7.78. The zero-order chi connectivity index (χ0) is 17.3. The molecule has 0 aliphatic heterocycles. The summed E-state index contributed by atoms with van der Waals surface area (Å²) in [5.41, 5.74) is 1.89. The minimum absolute atomic E-state index is 0.188. The van der Waals surface area contributed by atoms with Crippen LogP contribution in [0.2, 0.25) is 5.15 Å². The summed E-state index contributed by atoms with van der Waals surface area (Å²) in [4.78, 5) is 16.9. The summed E-state index contributed by atoms with van der Waals surface area (Å²) < 4.78 is 12.2. The van der Waals surface area contributed by atoms with E-state index in [9.17, 15) is 4.79 Å². The lowest BCUT2D eigenvalue weighted by Gasteiger charge is -2.12. The molecule has 2 aromatic heterocycles. The van der Waals surface area contributed by atoms with Crippen LogP contribution in [0.4, 0.5) is 0 Å². The number of nitrogens with zero attached hydrogens (tertiary/aromatic N) is 2. The number of aryl methyl sites for hydroxylation is 1. The van der Waals surface area contributed by atoms with Crippen molar-refractivity contribution in [2.45, 2.75) is 13.5 Å². The van der Waals surface area contributed by atoms with Gasteiger partial charge in [-0.1, -0.05) is 11.6 Å². The summed E-state index contributed by atoms with van der Waals surface area (Å²) >= 11 is 6.06. The van der Waals surface area contributed by atoms with Crippen molar-refractivity contribution in [2.24, 2.45) is 0 Å². The van der Waals surface area contributed by atoms with E-state index in [1.807, 2.05) is 31.2 Å². The van der Waals surface area contributed by atoms with E-state index in [0.29, 0.717) is 28.7 Å². The number of benzene rings is 1. The predicted octanol–water partition coefficient (Wildman–Crippen LogP) is 3.42. The highest BCUT2D eigenvalue weighted by Gasteiger charge is 2.10. The fourth-order valence-corrected chi connectivity index (χ4v) is 2.71. The standard InChI is InChI=1S/C18H17ClN2O3/c1-11-8-12-6-7-21(18(22)16(12)20-17(11)19)10-13-4-5-14(23-2)9-15(13)24-3/h4-9H,10H2,1-3H3. The number of aromatic nitrogens is 2. The average molecular weight is 345 g/mol. The van der Waals surface area contributed by atoms with Crippen LogP contribution in [0.3, 0.4) is 0 Å². The maximum atomic E-state index is 12.7. The number of halogens is 1. The second-order valence-corrected chi connectivity index (χ2v) is 5.82. The Labute approximate surface area is 144 Å². The molecule has 0 aliphatic rings. The monoisotopic (exact) mass is 344 g/mol. The third-order valence-corrected chi connectivity index (χ3v) is 4.30. The van der Waals surface area contributed by atoms with Crippen molar-refractivity contribution in [1.29, 1.82) is 0 Å². The smallest absolute Gasteiger partial charge is 0.277 e. The minimum atomic E-state index is -0.188. The maximum absolute atomic E-state index is 12.7. The summed E-state index contributed by atoms with van der Waals surface area (Å²) in [6.45, 7) is 2.23. The van der Waals surface area contributed by atoms with E-state index >= 15 is 0 Å². The van der Waals surface area contributed by atoms with Gasteiger partial charge in [-0.05, 0) is 36.8 Å². The van der Waals surface area contributed by atoms with Gasteiger partial charge in [-0.25, -0.2) is 4.98 Å². The first-order valence-electron chi connectivity index (χ1n) is 7.40. The van der Waals surface area contributed by atoms with Crippen molar-refractivity contribution in [3.05, 3.63) is 63.2 Å². The molecule has 0 unspecified atom stereocenters. The van der Waals surface area contributed by atoms with Crippen molar-refractivity contribution < 1.29 is 9.47 Å². The summed E-state index contributed by atoms with van der Waals surface area (Å²) in [5, 5.41) is 1.12. The molecule has 6 heteroatoms. The molecule has 0 amide bonds. The summed E-state index contributed by atoms with van der Waals surface area (Å²) in [6, 6.07) is 9.24. The molecule has 0 bridgehead atoms. The van der Waals surface area contributed by atoms with E-state index in [1.165, 1.54) is 0 Å². The van der Waals surface area contributed by atoms with Crippen LogP contribution in [0.25, 0.3) is 10.9 Å². The number of ether oxygens (including phenoxy) is 2. The van der Waals surface area contributed by atoms with Gasteiger partial charge < -0.3 is 14.0 Å². The van der Waals surface area contributed by atoms with Crippen LogP contribution in [0, 0.1) is 6.92 Å². The van der Waals surface area contributed by atoms with Gasteiger partial charge in [0.05, 0.1) is 20.8 Å². The topological polar surface area (TPSA) is 53.4 Å². The van der Waals surface area contributed by atoms with Crippen LogP contribution >= 0.6 is 11.6 Å². The second kappa shape index (κ2) is 6.53. The highest BCUT2D eigenvalue weighted by atomic mass is 35.5.